The van der Waals surface area contributed by atoms with E-state index < -0.39 is 11.9 Å². The largest absolute Gasteiger partial charge is 0.478 e. The highest BCUT2D eigenvalue weighted by molar-refractivity contribution is 6.31. The second kappa shape index (κ2) is 6.79. The molecule has 0 unspecified atom stereocenters. The predicted molar refractivity (Wildman–Crippen MR) is 96.2 cm³/mol. The van der Waals surface area contributed by atoms with Gasteiger partial charge >= 0.3 is 11.9 Å². The number of halogens is 1. The average Bonchev–Trinajstić information content (AvgIpc) is 2.61. The van der Waals surface area contributed by atoms with Crippen LogP contribution in [0, 0.1) is 0 Å². The number of carbonyl (C=O) groups is 2. The molecule has 0 bridgehead atoms. The Balaban J connectivity index is 2.33. The molecule has 0 aliphatic rings. The molecule has 0 aromatic heterocycles. The van der Waals surface area contributed by atoms with Crippen molar-refractivity contribution < 1.29 is 19.8 Å². The molecule has 0 spiro atoms. The van der Waals surface area contributed by atoms with E-state index in [1.165, 1.54) is 12.1 Å². The fourth-order valence-corrected chi connectivity index (χ4v) is 2.96. The predicted octanol–water partition coefficient (Wildman–Crippen LogP) is 5.07. The molecule has 0 heterocycles. The molecular formula is C20H13ClO4. The molecule has 5 heteroatoms. The lowest BCUT2D eigenvalue weighted by molar-refractivity contribution is 0.0686. The van der Waals surface area contributed by atoms with E-state index in [-0.39, 0.29) is 11.1 Å². The molecule has 25 heavy (non-hydrogen) atoms. The molecular weight excluding hydrogens is 340 g/mol. The molecule has 3 aromatic rings. The van der Waals surface area contributed by atoms with Crippen molar-refractivity contribution in [2.75, 3.05) is 0 Å². The zero-order valence-corrected chi connectivity index (χ0v) is 13.7. The number of carboxylic acids is 2. The first kappa shape index (κ1) is 16.7. The first-order valence-corrected chi connectivity index (χ1v) is 7.82. The molecule has 2 N–H and O–H groups in total. The molecule has 0 atom stereocenters. The van der Waals surface area contributed by atoms with Gasteiger partial charge in [-0.15, -0.1) is 0 Å². The van der Waals surface area contributed by atoms with E-state index >= 15 is 0 Å². The number of hydrogen-bond donors (Lipinski definition) is 2. The van der Waals surface area contributed by atoms with Crippen molar-refractivity contribution in [3.05, 3.63) is 82.9 Å². The highest BCUT2D eigenvalue weighted by Crippen LogP contribution is 2.37. The van der Waals surface area contributed by atoms with Crippen LogP contribution in [0.25, 0.3) is 22.3 Å². The molecule has 0 fully saturated rings. The van der Waals surface area contributed by atoms with E-state index in [4.69, 9.17) is 11.6 Å². The van der Waals surface area contributed by atoms with Gasteiger partial charge in [-0.05, 0) is 46.5 Å². The highest BCUT2D eigenvalue weighted by Gasteiger charge is 2.18. The molecule has 0 radical (unpaired) electrons. The third-order valence-corrected chi connectivity index (χ3v) is 4.11. The van der Waals surface area contributed by atoms with Crippen LogP contribution in [0.4, 0.5) is 0 Å². The standard InChI is InChI=1S/C20H13ClO4/c21-12-9-10-15(13-5-1-3-7-16(13)19(22)23)18(11-12)14-6-2-4-8-17(14)20(24)25/h1-11H,(H,22,23)(H,24,25). The monoisotopic (exact) mass is 352 g/mol. The van der Waals surface area contributed by atoms with E-state index in [9.17, 15) is 19.8 Å². The van der Waals surface area contributed by atoms with Crippen molar-refractivity contribution in [1.82, 2.24) is 0 Å². The molecule has 3 aromatic carbocycles. The minimum atomic E-state index is -1.06. The molecule has 3 rings (SSSR count). The number of hydrogen-bond acceptors (Lipinski definition) is 2. The maximum Gasteiger partial charge on any atom is 0.336 e. The Morgan fingerprint density at radius 2 is 1.12 bits per heavy atom. The van der Waals surface area contributed by atoms with Gasteiger partial charge in [0.2, 0.25) is 0 Å². The van der Waals surface area contributed by atoms with Gasteiger partial charge in [-0.3, -0.25) is 0 Å². The minimum absolute atomic E-state index is 0.124. The summed E-state index contributed by atoms with van der Waals surface area (Å²) in [6, 6.07) is 18.2. The van der Waals surface area contributed by atoms with Crippen molar-refractivity contribution in [2.45, 2.75) is 0 Å². The summed E-state index contributed by atoms with van der Waals surface area (Å²) in [6.45, 7) is 0. The fourth-order valence-electron chi connectivity index (χ4n) is 2.78. The first-order chi connectivity index (χ1) is 12.0. The quantitative estimate of drug-likeness (QED) is 0.687. The average molecular weight is 353 g/mol. The van der Waals surface area contributed by atoms with Crippen LogP contribution in [0.5, 0.6) is 0 Å². The maximum atomic E-state index is 11.6. The van der Waals surface area contributed by atoms with E-state index in [1.54, 1.807) is 54.6 Å². The lowest BCUT2D eigenvalue weighted by Gasteiger charge is -2.14. The summed E-state index contributed by atoms with van der Waals surface area (Å²) >= 11 is 6.12. The van der Waals surface area contributed by atoms with Crippen LogP contribution in [-0.2, 0) is 0 Å². The summed E-state index contributed by atoms with van der Waals surface area (Å²) < 4.78 is 0. The second-order valence-corrected chi connectivity index (χ2v) is 5.83. The third kappa shape index (κ3) is 3.25. The SMILES string of the molecule is O=C(O)c1ccccc1-c1ccc(Cl)cc1-c1ccccc1C(=O)O. The Kier molecular flexibility index (Phi) is 4.55. The maximum absolute atomic E-state index is 11.6. The van der Waals surface area contributed by atoms with E-state index in [1.807, 2.05) is 0 Å². The van der Waals surface area contributed by atoms with Crippen molar-refractivity contribution in [1.29, 1.82) is 0 Å². The van der Waals surface area contributed by atoms with Gasteiger partial charge in [0.05, 0.1) is 11.1 Å². The zero-order chi connectivity index (χ0) is 18.0. The zero-order valence-electron chi connectivity index (χ0n) is 12.9. The topological polar surface area (TPSA) is 74.6 Å². The number of benzene rings is 3. The summed E-state index contributed by atoms with van der Waals surface area (Å²) in [5, 5.41) is 19.4. The van der Waals surface area contributed by atoms with E-state index in [0.29, 0.717) is 27.3 Å². The molecule has 0 saturated carbocycles. The lowest BCUT2D eigenvalue weighted by atomic mass is 9.90. The smallest absolute Gasteiger partial charge is 0.336 e. The third-order valence-electron chi connectivity index (χ3n) is 3.88. The van der Waals surface area contributed by atoms with Crippen molar-refractivity contribution in [3.63, 3.8) is 0 Å². The summed E-state index contributed by atoms with van der Waals surface area (Å²) in [6.07, 6.45) is 0. The normalized spacial score (nSPS) is 10.4. The minimum Gasteiger partial charge on any atom is -0.478 e. The van der Waals surface area contributed by atoms with Gasteiger partial charge in [-0.25, -0.2) is 9.59 Å². The lowest BCUT2D eigenvalue weighted by Crippen LogP contribution is -2.02. The summed E-state index contributed by atoms with van der Waals surface area (Å²) in [5.74, 6) is -2.11. The summed E-state index contributed by atoms with van der Waals surface area (Å²) in [4.78, 5) is 23.1. The van der Waals surface area contributed by atoms with Crippen LogP contribution in [0.2, 0.25) is 5.02 Å². The van der Waals surface area contributed by atoms with Crippen molar-refractivity contribution in [3.8, 4) is 22.3 Å². The van der Waals surface area contributed by atoms with Crippen molar-refractivity contribution in [2.24, 2.45) is 0 Å². The van der Waals surface area contributed by atoms with Gasteiger partial charge in [0.15, 0.2) is 0 Å². The first-order valence-electron chi connectivity index (χ1n) is 7.44. The molecule has 0 aliphatic heterocycles. The van der Waals surface area contributed by atoms with Gasteiger partial charge in [0, 0.05) is 5.02 Å². The Morgan fingerprint density at radius 1 is 0.640 bits per heavy atom. The molecule has 0 saturated heterocycles. The Labute approximate surface area is 148 Å². The summed E-state index contributed by atoms with van der Waals surface area (Å²) in [5.41, 5.74) is 2.42. The molecule has 0 aliphatic carbocycles. The highest BCUT2D eigenvalue weighted by atomic mass is 35.5. The van der Waals surface area contributed by atoms with Gasteiger partial charge in [-0.1, -0.05) is 54.1 Å². The second-order valence-electron chi connectivity index (χ2n) is 5.39. The fraction of sp³-hybridized carbons (Fsp3) is 0. The number of rotatable bonds is 4. The number of carboxylic acid groups (broad SMARTS) is 2. The van der Waals surface area contributed by atoms with Gasteiger partial charge in [0.25, 0.3) is 0 Å². The van der Waals surface area contributed by atoms with E-state index in [2.05, 4.69) is 0 Å². The molecule has 0 amide bonds. The van der Waals surface area contributed by atoms with Crippen LogP contribution in [-0.4, -0.2) is 22.2 Å². The Morgan fingerprint density at radius 3 is 1.64 bits per heavy atom. The Bertz CT molecular complexity index is 979. The van der Waals surface area contributed by atoms with Crippen LogP contribution < -0.4 is 0 Å². The number of aromatic carboxylic acids is 2. The van der Waals surface area contributed by atoms with Crippen LogP contribution in [0.3, 0.4) is 0 Å². The van der Waals surface area contributed by atoms with E-state index in [0.717, 1.165) is 0 Å². The molecule has 4 nitrogen and oxygen atoms in total. The van der Waals surface area contributed by atoms with Gasteiger partial charge in [-0.2, -0.15) is 0 Å². The van der Waals surface area contributed by atoms with Crippen LogP contribution in [0.1, 0.15) is 20.7 Å². The van der Waals surface area contributed by atoms with Crippen LogP contribution >= 0.6 is 11.6 Å². The summed E-state index contributed by atoms with van der Waals surface area (Å²) in [7, 11) is 0. The van der Waals surface area contributed by atoms with Crippen LogP contribution in [0.15, 0.2) is 66.7 Å². The Hall–Kier alpha value is -3.11. The molecule has 124 valence electrons. The van der Waals surface area contributed by atoms with Gasteiger partial charge < -0.3 is 10.2 Å². The van der Waals surface area contributed by atoms with Crippen molar-refractivity contribution >= 4 is 23.5 Å². The van der Waals surface area contributed by atoms with Gasteiger partial charge in [0.1, 0.15) is 0 Å².